The van der Waals surface area contributed by atoms with Crippen LogP contribution in [0.15, 0.2) is 0 Å². The van der Waals surface area contributed by atoms with Crippen molar-refractivity contribution in [3.63, 3.8) is 0 Å². The fraction of sp³-hybridized carbons (Fsp3) is 1.00. The number of hydrogen-bond acceptors (Lipinski definition) is 5. The number of nitrogens with one attached hydrogen (secondary N) is 1. The molecule has 0 amide bonds. The summed E-state index contributed by atoms with van der Waals surface area (Å²) in [4.78, 5) is 0. The van der Waals surface area contributed by atoms with Crippen LogP contribution in [0.3, 0.4) is 0 Å². The highest BCUT2D eigenvalue weighted by Gasteiger charge is 2.15. The maximum absolute atomic E-state index is 10.6. The minimum Gasteiger partial charge on any atom is -0.315 e. The van der Waals surface area contributed by atoms with E-state index in [4.69, 9.17) is 9.11 Å². The van der Waals surface area contributed by atoms with E-state index < -0.39 is 25.5 Å². The molecule has 0 aliphatic heterocycles. The fourth-order valence-corrected chi connectivity index (χ4v) is 1.84. The van der Waals surface area contributed by atoms with Crippen LogP contribution in [0, 0.1) is 0 Å². The van der Waals surface area contributed by atoms with Gasteiger partial charge in [0.2, 0.25) is 0 Å². The molecule has 0 aromatic rings. The van der Waals surface area contributed by atoms with Gasteiger partial charge in [0, 0.05) is 6.54 Å². The van der Waals surface area contributed by atoms with Gasteiger partial charge < -0.3 is 5.32 Å². The van der Waals surface area contributed by atoms with Crippen molar-refractivity contribution in [2.75, 3.05) is 18.8 Å². The lowest BCUT2D eigenvalue weighted by molar-refractivity contribution is 0.464. The summed E-state index contributed by atoms with van der Waals surface area (Å²) >= 11 is 0. The molecule has 0 rings (SSSR count). The van der Waals surface area contributed by atoms with E-state index in [1.807, 2.05) is 0 Å². The highest BCUT2D eigenvalue weighted by Crippen LogP contribution is 1.96. The Morgan fingerprint density at radius 1 is 1.12 bits per heavy atom. The third-order valence-corrected chi connectivity index (χ3v) is 3.93. The van der Waals surface area contributed by atoms with Crippen LogP contribution in [0.25, 0.3) is 0 Å². The molecule has 0 saturated carbocycles. The van der Waals surface area contributed by atoms with E-state index in [1.54, 1.807) is 0 Å². The van der Waals surface area contributed by atoms with Gasteiger partial charge in [-0.1, -0.05) is 0 Å². The van der Waals surface area contributed by atoms with Crippen molar-refractivity contribution in [2.45, 2.75) is 25.0 Å². The van der Waals surface area contributed by atoms with Gasteiger partial charge in [-0.15, -0.1) is 0 Å². The molecule has 1 unspecified atom stereocenters. The highest BCUT2D eigenvalue weighted by atomic mass is 32.2. The molecule has 0 aromatic heterocycles. The molecule has 0 bridgehead atoms. The molecule has 0 aromatic carbocycles. The first-order valence-corrected chi connectivity index (χ1v) is 7.86. The van der Waals surface area contributed by atoms with Crippen LogP contribution < -0.4 is 5.32 Å². The van der Waals surface area contributed by atoms with Crippen LogP contribution in [0.2, 0.25) is 0 Å². The summed E-state index contributed by atoms with van der Waals surface area (Å²) in [7, 11) is -7.93. The largest absolute Gasteiger partial charge is 0.315 e. The van der Waals surface area contributed by atoms with Crippen molar-refractivity contribution in [1.29, 1.82) is 0 Å². The molecule has 98 valence electrons. The Labute approximate surface area is 95.7 Å². The van der Waals surface area contributed by atoms with Crippen molar-refractivity contribution in [1.82, 2.24) is 5.32 Å². The molecule has 1 atom stereocenters. The molecule has 16 heavy (non-hydrogen) atoms. The molecule has 0 spiro atoms. The van der Waals surface area contributed by atoms with E-state index in [-0.39, 0.29) is 12.3 Å². The summed E-state index contributed by atoms with van der Waals surface area (Å²) in [5.41, 5.74) is 0. The van der Waals surface area contributed by atoms with Gasteiger partial charge >= 0.3 is 0 Å². The van der Waals surface area contributed by atoms with E-state index in [2.05, 4.69) is 5.32 Å². The van der Waals surface area contributed by atoms with Crippen LogP contribution in [0.1, 0.15) is 19.8 Å². The van der Waals surface area contributed by atoms with Gasteiger partial charge in [-0.25, -0.2) is 0 Å². The van der Waals surface area contributed by atoms with Gasteiger partial charge in [0.1, 0.15) is 0 Å². The Balaban J connectivity index is 3.56. The second-order valence-electron chi connectivity index (χ2n) is 3.52. The molecule has 9 heteroatoms. The maximum atomic E-state index is 10.6. The van der Waals surface area contributed by atoms with Crippen molar-refractivity contribution < 1.29 is 25.9 Å². The Morgan fingerprint density at radius 3 is 2.12 bits per heavy atom. The quantitative estimate of drug-likeness (QED) is 0.404. The molecule has 7 nitrogen and oxygen atoms in total. The van der Waals surface area contributed by atoms with E-state index in [9.17, 15) is 16.8 Å². The van der Waals surface area contributed by atoms with Crippen LogP contribution in [0.4, 0.5) is 0 Å². The Morgan fingerprint density at radius 2 is 1.69 bits per heavy atom. The van der Waals surface area contributed by atoms with E-state index in [1.165, 1.54) is 6.92 Å². The molecule has 0 fully saturated rings. The lowest BCUT2D eigenvalue weighted by Crippen LogP contribution is -2.31. The molecule has 0 heterocycles. The Bertz CT molecular complexity index is 387. The topological polar surface area (TPSA) is 121 Å². The lowest BCUT2D eigenvalue weighted by Gasteiger charge is -2.09. The van der Waals surface area contributed by atoms with Crippen LogP contribution >= 0.6 is 0 Å². The fourth-order valence-electron chi connectivity index (χ4n) is 0.945. The van der Waals surface area contributed by atoms with Gasteiger partial charge in [-0.05, 0) is 26.3 Å². The number of hydrogen-bond donors (Lipinski definition) is 3. The van der Waals surface area contributed by atoms with Crippen LogP contribution in [0.5, 0.6) is 0 Å². The molecule has 3 N–H and O–H groups in total. The summed E-state index contributed by atoms with van der Waals surface area (Å²) in [6, 6.07) is 0. The van der Waals surface area contributed by atoms with Crippen LogP contribution in [-0.2, 0) is 20.2 Å². The molecule has 0 aliphatic carbocycles. The minimum absolute atomic E-state index is 0.102. The smallest absolute Gasteiger partial charge is 0.268 e. The molecular weight excluding hydrogens is 258 g/mol. The van der Waals surface area contributed by atoms with Crippen molar-refractivity contribution in [3.8, 4) is 0 Å². The number of unbranched alkanes of at least 4 members (excludes halogenated alkanes) is 1. The third kappa shape index (κ3) is 9.04. The zero-order valence-electron chi connectivity index (χ0n) is 8.96. The molecular formula is C7H17NO6S2. The summed E-state index contributed by atoms with van der Waals surface area (Å²) < 4.78 is 58.8. The van der Waals surface area contributed by atoms with Gasteiger partial charge in [0.05, 0.1) is 11.0 Å². The monoisotopic (exact) mass is 275 g/mol. The molecule has 0 saturated heterocycles. The predicted molar refractivity (Wildman–Crippen MR) is 59.5 cm³/mol. The van der Waals surface area contributed by atoms with E-state index in [0.717, 1.165) is 0 Å². The van der Waals surface area contributed by atoms with Gasteiger partial charge in [0.15, 0.2) is 0 Å². The standard InChI is InChI=1S/C7H17NO6S2/c1-7(16(12,13)14)6-8-4-2-3-5-15(9,10)11/h7-8H,2-6H2,1H3,(H,9,10,11)(H,12,13,14). The zero-order valence-corrected chi connectivity index (χ0v) is 10.6. The van der Waals surface area contributed by atoms with Crippen LogP contribution in [-0.4, -0.2) is 50.0 Å². The SMILES string of the molecule is CC(CNCCCCS(=O)(=O)O)S(=O)(=O)O. The van der Waals surface area contributed by atoms with E-state index in [0.29, 0.717) is 19.4 Å². The average molecular weight is 275 g/mol. The van der Waals surface area contributed by atoms with E-state index >= 15 is 0 Å². The lowest BCUT2D eigenvalue weighted by atomic mass is 10.3. The second kappa shape index (κ2) is 6.50. The first kappa shape index (κ1) is 15.8. The number of rotatable bonds is 8. The average Bonchev–Trinajstić information content (AvgIpc) is 2.07. The Kier molecular flexibility index (Phi) is 6.41. The molecule has 0 aliphatic rings. The van der Waals surface area contributed by atoms with Crippen molar-refractivity contribution >= 4 is 20.2 Å². The van der Waals surface area contributed by atoms with Gasteiger partial charge in [-0.3, -0.25) is 9.11 Å². The van der Waals surface area contributed by atoms with Gasteiger partial charge in [0.25, 0.3) is 20.2 Å². The Hall–Kier alpha value is -0.220. The summed E-state index contributed by atoms with van der Waals surface area (Å²) in [6.45, 7) is 1.89. The summed E-state index contributed by atoms with van der Waals surface area (Å²) in [5, 5.41) is 1.87. The maximum Gasteiger partial charge on any atom is 0.268 e. The normalized spacial score (nSPS) is 14.9. The first-order chi connectivity index (χ1) is 7.13. The van der Waals surface area contributed by atoms with Crippen molar-refractivity contribution in [2.24, 2.45) is 0 Å². The second-order valence-corrected chi connectivity index (χ2v) is 6.93. The zero-order chi connectivity index (χ0) is 12.8. The third-order valence-electron chi connectivity index (χ3n) is 1.95. The highest BCUT2D eigenvalue weighted by molar-refractivity contribution is 7.86. The summed E-state index contributed by atoms with van der Waals surface area (Å²) in [5.74, 6) is -0.303. The van der Waals surface area contributed by atoms with Crippen molar-refractivity contribution in [3.05, 3.63) is 0 Å². The summed E-state index contributed by atoms with van der Waals surface area (Å²) in [6.07, 6.45) is 0.796. The van der Waals surface area contributed by atoms with Gasteiger partial charge in [-0.2, -0.15) is 16.8 Å². The predicted octanol–water partition coefficient (Wildman–Crippen LogP) is -0.480. The molecule has 0 radical (unpaired) electrons. The minimum atomic E-state index is -4.02. The first-order valence-electron chi connectivity index (χ1n) is 4.75.